The van der Waals surface area contributed by atoms with Crippen LogP contribution in [-0.2, 0) is 35.5 Å². The summed E-state index contributed by atoms with van der Waals surface area (Å²) in [5, 5.41) is 2.56. The van der Waals surface area contributed by atoms with Crippen LogP contribution in [0.4, 0.5) is 5.69 Å². The van der Waals surface area contributed by atoms with Gasteiger partial charge in [0.25, 0.3) is 5.56 Å². The van der Waals surface area contributed by atoms with Gasteiger partial charge < -0.3 is 9.88 Å². The Morgan fingerprint density at radius 1 is 1.09 bits per heavy atom. The molecule has 0 aliphatic carbocycles. The SMILES string of the molecule is Cn1cnc2c1c(=O)n(CC(=O)Nc1ccccc1S(=O)(=O)N1CCCCC1)c(=O)n2C. The van der Waals surface area contributed by atoms with Gasteiger partial charge in [0.05, 0.1) is 12.0 Å². The topological polar surface area (TPSA) is 128 Å². The minimum absolute atomic E-state index is 0.0161. The van der Waals surface area contributed by atoms with Crippen LogP contribution in [0.15, 0.2) is 45.1 Å². The highest BCUT2D eigenvalue weighted by atomic mass is 32.2. The third-order valence-corrected chi connectivity index (χ3v) is 7.55. The second kappa shape index (κ2) is 8.36. The zero-order valence-electron chi connectivity index (χ0n) is 17.8. The first-order valence-corrected chi connectivity index (χ1v) is 11.7. The molecule has 2 aromatic heterocycles. The average Bonchev–Trinajstić information content (AvgIpc) is 3.18. The van der Waals surface area contributed by atoms with Gasteiger partial charge in [0.15, 0.2) is 11.2 Å². The molecule has 4 rings (SSSR count). The summed E-state index contributed by atoms with van der Waals surface area (Å²) in [6.07, 6.45) is 3.97. The zero-order valence-corrected chi connectivity index (χ0v) is 18.6. The molecule has 1 aliphatic rings. The van der Waals surface area contributed by atoms with E-state index >= 15 is 0 Å². The highest BCUT2D eigenvalue weighted by molar-refractivity contribution is 7.89. The van der Waals surface area contributed by atoms with Crippen molar-refractivity contribution in [3.63, 3.8) is 0 Å². The van der Waals surface area contributed by atoms with E-state index in [1.165, 1.54) is 38.9 Å². The Hall–Kier alpha value is -3.25. The lowest BCUT2D eigenvalue weighted by Crippen LogP contribution is -2.42. The van der Waals surface area contributed by atoms with E-state index in [1.54, 1.807) is 19.2 Å². The fraction of sp³-hybridized carbons (Fsp3) is 0.400. The van der Waals surface area contributed by atoms with Crippen molar-refractivity contribution in [2.75, 3.05) is 18.4 Å². The van der Waals surface area contributed by atoms with Crippen LogP contribution in [0.5, 0.6) is 0 Å². The van der Waals surface area contributed by atoms with Gasteiger partial charge in [-0.2, -0.15) is 4.31 Å². The Morgan fingerprint density at radius 2 is 1.78 bits per heavy atom. The molecule has 0 radical (unpaired) electrons. The number of imidazole rings is 1. The van der Waals surface area contributed by atoms with Gasteiger partial charge in [-0.3, -0.25) is 14.2 Å². The minimum Gasteiger partial charge on any atom is -0.328 e. The quantitative estimate of drug-likeness (QED) is 0.581. The molecule has 1 amide bonds. The van der Waals surface area contributed by atoms with E-state index in [0.717, 1.165) is 23.8 Å². The minimum atomic E-state index is -3.79. The maximum Gasteiger partial charge on any atom is 0.332 e. The molecule has 1 aromatic carbocycles. The molecule has 11 nitrogen and oxygen atoms in total. The number of nitrogens with zero attached hydrogens (tertiary/aromatic N) is 5. The standard InChI is InChI=1S/C20H24N6O5S/c1-23-13-21-18-17(23)19(28)26(20(29)24(18)2)12-16(27)22-14-8-4-5-9-15(14)32(30,31)25-10-6-3-7-11-25/h4-5,8-9,13H,3,6-7,10-12H2,1-2H3,(H,22,27). The van der Waals surface area contributed by atoms with Gasteiger partial charge in [-0.05, 0) is 25.0 Å². The largest absolute Gasteiger partial charge is 0.332 e. The number of para-hydroxylation sites is 1. The van der Waals surface area contributed by atoms with Crippen LogP contribution < -0.4 is 16.6 Å². The molecule has 1 N–H and O–H groups in total. The molecule has 0 spiro atoms. The Morgan fingerprint density at radius 3 is 2.50 bits per heavy atom. The van der Waals surface area contributed by atoms with Gasteiger partial charge in [0.2, 0.25) is 15.9 Å². The third kappa shape index (κ3) is 3.75. The van der Waals surface area contributed by atoms with Crippen molar-refractivity contribution < 1.29 is 13.2 Å². The second-order valence-corrected chi connectivity index (χ2v) is 9.68. The number of fused-ring (bicyclic) bond motifs is 1. The molecule has 0 atom stereocenters. The predicted molar refractivity (Wildman–Crippen MR) is 118 cm³/mol. The predicted octanol–water partition coefficient (Wildman–Crippen LogP) is 0.247. The number of rotatable bonds is 5. The summed E-state index contributed by atoms with van der Waals surface area (Å²) < 4.78 is 31.1. The van der Waals surface area contributed by atoms with Gasteiger partial charge in [-0.15, -0.1) is 0 Å². The summed E-state index contributed by atoms with van der Waals surface area (Å²) in [6, 6.07) is 6.12. The van der Waals surface area contributed by atoms with Crippen LogP contribution in [0.25, 0.3) is 11.2 Å². The van der Waals surface area contributed by atoms with E-state index in [1.807, 2.05) is 0 Å². The zero-order chi connectivity index (χ0) is 23.0. The summed E-state index contributed by atoms with van der Waals surface area (Å²) in [4.78, 5) is 42.2. The lowest BCUT2D eigenvalue weighted by atomic mass is 10.2. The maximum atomic E-state index is 13.1. The van der Waals surface area contributed by atoms with Crippen LogP contribution >= 0.6 is 0 Å². The molecule has 1 aliphatic heterocycles. The van der Waals surface area contributed by atoms with Crippen LogP contribution in [0, 0.1) is 0 Å². The van der Waals surface area contributed by atoms with E-state index in [-0.39, 0.29) is 21.7 Å². The molecule has 0 unspecified atom stereocenters. The molecular weight excluding hydrogens is 436 g/mol. The first-order chi connectivity index (χ1) is 15.2. The third-order valence-electron chi connectivity index (χ3n) is 5.60. The van der Waals surface area contributed by atoms with E-state index in [4.69, 9.17) is 0 Å². The average molecular weight is 461 g/mol. The number of nitrogens with one attached hydrogen (secondary N) is 1. The highest BCUT2D eigenvalue weighted by Gasteiger charge is 2.28. The molecule has 0 saturated carbocycles. The number of hydrogen-bond donors (Lipinski definition) is 1. The Balaban J connectivity index is 1.65. The van der Waals surface area contributed by atoms with Gasteiger partial charge in [0, 0.05) is 27.2 Å². The van der Waals surface area contributed by atoms with E-state index in [2.05, 4.69) is 10.3 Å². The van der Waals surface area contributed by atoms with Gasteiger partial charge in [0.1, 0.15) is 11.4 Å². The summed E-state index contributed by atoms with van der Waals surface area (Å²) in [6.45, 7) is 0.298. The molecule has 1 fully saturated rings. The molecular formula is C20H24N6O5S. The molecule has 12 heteroatoms. The van der Waals surface area contributed by atoms with Crippen LogP contribution in [0.3, 0.4) is 0 Å². The second-order valence-electron chi connectivity index (χ2n) is 7.77. The first kappa shape index (κ1) is 22.0. The number of carbonyl (C=O) groups excluding carboxylic acids is 1. The Kier molecular flexibility index (Phi) is 5.73. The van der Waals surface area contributed by atoms with E-state index in [9.17, 15) is 22.8 Å². The van der Waals surface area contributed by atoms with Crippen molar-refractivity contribution in [1.82, 2.24) is 23.0 Å². The molecule has 1 saturated heterocycles. The van der Waals surface area contributed by atoms with Crippen molar-refractivity contribution >= 4 is 32.8 Å². The normalized spacial score (nSPS) is 15.2. The molecule has 32 heavy (non-hydrogen) atoms. The summed E-state index contributed by atoms with van der Waals surface area (Å²) in [5.41, 5.74) is -0.822. The lowest BCUT2D eigenvalue weighted by molar-refractivity contribution is -0.116. The number of aromatic nitrogens is 4. The fourth-order valence-corrected chi connectivity index (χ4v) is 5.57. The highest BCUT2D eigenvalue weighted by Crippen LogP contribution is 2.26. The van der Waals surface area contributed by atoms with Crippen molar-refractivity contribution in [2.24, 2.45) is 14.1 Å². The van der Waals surface area contributed by atoms with Crippen molar-refractivity contribution in [2.45, 2.75) is 30.7 Å². The lowest BCUT2D eigenvalue weighted by Gasteiger charge is -2.26. The van der Waals surface area contributed by atoms with Crippen LogP contribution in [-0.4, -0.2) is 50.4 Å². The monoisotopic (exact) mass is 460 g/mol. The van der Waals surface area contributed by atoms with Crippen LogP contribution in [0.2, 0.25) is 0 Å². The summed E-state index contributed by atoms with van der Waals surface area (Å²) >= 11 is 0. The Labute approximate surface area is 184 Å². The van der Waals surface area contributed by atoms with Gasteiger partial charge >= 0.3 is 5.69 Å². The van der Waals surface area contributed by atoms with E-state index in [0.29, 0.717) is 13.1 Å². The van der Waals surface area contributed by atoms with Gasteiger partial charge in [-0.1, -0.05) is 18.6 Å². The number of benzene rings is 1. The van der Waals surface area contributed by atoms with E-state index < -0.39 is 33.7 Å². The van der Waals surface area contributed by atoms with Crippen molar-refractivity contribution in [3.05, 3.63) is 51.4 Å². The fourth-order valence-electron chi connectivity index (χ4n) is 3.91. The molecule has 0 bridgehead atoms. The van der Waals surface area contributed by atoms with Crippen molar-refractivity contribution in [3.8, 4) is 0 Å². The summed E-state index contributed by atoms with van der Waals surface area (Å²) in [5.74, 6) is -0.688. The molecule has 3 aromatic rings. The van der Waals surface area contributed by atoms with Crippen molar-refractivity contribution in [1.29, 1.82) is 0 Å². The number of anilines is 1. The number of piperidine rings is 1. The van der Waals surface area contributed by atoms with Crippen LogP contribution in [0.1, 0.15) is 19.3 Å². The number of sulfonamides is 1. The number of carbonyl (C=O) groups is 1. The number of amides is 1. The molecule has 170 valence electrons. The number of hydrogen-bond acceptors (Lipinski definition) is 6. The van der Waals surface area contributed by atoms with Gasteiger partial charge in [-0.25, -0.2) is 22.8 Å². The molecule has 3 heterocycles. The maximum absolute atomic E-state index is 13.1. The first-order valence-electron chi connectivity index (χ1n) is 10.2. The summed E-state index contributed by atoms with van der Waals surface area (Å²) in [7, 11) is -0.706. The Bertz CT molecular complexity index is 1410. The smallest absolute Gasteiger partial charge is 0.328 e. The number of aryl methyl sites for hydroxylation is 2.